The number of ether oxygens (including phenoxy) is 1. The summed E-state index contributed by atoms with van der Waals surface area (Å²) in [6.07, 6.45) is 1.63. The highest BCUT2D eigenvalue weighted by atomic mass is 127. The number of nitrogens with zero attached hydrogens (tertiary/aromatic N) is 2. The lowest BCUT2D eigenvalue weighted by molar-refractivity contribution is -0.146. The minimum Gasteiger partial charge on any atom is -0.469 e. The second kappa shape index (κ2) is 12.1. The van der Waals surface area contributed by atoms with Gasteiger partial charge in [-0.15, -0.1) is 35.7 Å². The summed E-state index contributed by atoms with van der Waals surface area (Å²) < 4.78 is 5.94. The maximum absolute atomic E-state index is 11.6. The Balaban J connectivity index is 0.00000338. The van der Waals surface area contributed by atoms with E-state index in [0.717, 1.165) is 42.9 Å². The van der Waals surface area contributed by atoms with Crippen LogP contribution in [0.2, 0.25) is 0 Å². The van der Waals surface area contributed by atoms with Crippen molar-refractivity contribution in [2.75, 3.05) is 33.8 Å². The molecule has 1 atom stereocenters. The van der Waals surface area contributed by atoms with Gasteiger partial charge in [0.15, 0.2) is 5.96 Å². The number of hydrogen-bond donors (Lipinski definition) is 1. The van der Waals surface area contributed by atoms with E-state index in [4.69, 9.17) is 4.74 Å². The van der Waals surface area contributed by atoms with Gasteiger partial charge in [-0.2, -0.15) is 0 Å². The fraction of sp³-hybridized carbons (Fsp3) is 0.556. The van der Waals surface area contributed by atoms with Crippen LogP contribution in [0.15, 0.2) is 38.6 Å². The number of methoxy groups -OCH3 is 1. The first-order valence-electron chi connectivity index (χ1n) is 8.49. The number of hydrogen-bond acceptors (Lipinski definition) is 4. The molecule has 0 radical (unpaired) electrons. The van der Waals surface area contributed by atoms with Crippen molar-refractivity contribution in [1.82, 2.24) is 10.2 Å². The van der Waals surface area contributed by atoms with Crippen molar-refractivity contribution in [3.8, 4) is 0 Å². The third-order valence-corrected chi connectivity index (χ3v) is 5.88. The van der Waals surface area contributed by atoms with E-state index in [9.17, 15) is 4.79 Å². The van der Waals surface area contributed by atoms with Crippen LogP contribution in [-0.4, -0.2) is 55.9 Å². The number of nitrogens with one attached hydrogen (secondary N) is 1. The Morgan fingerprint density at radius 1 is 1.38 bits per heavy atom. The number of thioether (sulfide) groups is 1. The number of guanidine groups is 1. The Morgan fingerprint density at radius 2 is 2.00 bits per heavy atom. The molecule has 146 valence electrons. The third kappa shape index (κ3) is 7.26. The largest absolute Gasteiger partial charge is 0.469 e. The van der Waals surface area contributed by atoms with Crippen molar-refractivity contribution < 1.29 is 9.53 Å². The standard InChI is InChI=1S/C18H26BrN3O2S.HI/c1-13(25-16-6-4-15(19)5-7-16)12-21-18(20-2)22-10-8-14(9-11-22)17(23)24-3;/h4-7,13-14H,8-12H2,1-3H3,(H,20,21);1H. The molecule has 0 spiro atoms. The number of esters is 1. The molecule has 1 fully saturated rings. The molecule has 26 heavy (non-hydrogen) atoms. The van der Waals surface area contributed by atoms with E-state index in [1.165, 1.54) is 12.0 Å². The summed E-state index contributed by atoms with van der Waals surface area (Å²) in [7, 11) is 3.26. The van der Waals surface area contributed by atoms with Crippen LogP contribution in [0, 0.1) is 5.92 Å². The summed E-state index contributed by atoms with van der Waals surface area (Å²) >= 11 is 5.30. The Hall–Kier alpha value is -0.480. The van der Waals surface area contributed by atoms with Crippen molar-refractivity contribution in [2.24, 2.45) is 10.9 Å². The fourth-order valence-electron chi connectivity index (χ4n) is 2.85. The molecular weight excluding hydrogens is 529 g/mol. The molecule has 0 saturated carbocycles. The highest BCUT2D eigenvalue weighted by Gasteiger charge is 2.27. The Bertz CT molecular complexity index is 593. The zero-order valence-electron chi connectivity index (χ0n) is 15.4. The zero-order valence-corrected chi connectivity index (χ0v) is 20.1. The monoisotopic (exact) mass is 555 g/mol. The second-order valence-corrected chi connectivity index (χ2v) is 8.52. The summed E-state index contributed by atoms with van der Waals surface area (Å²) in [6, 6.07) is 8.37. The van der Waals surface area contributed by atoms with E-state index in [1.54, 1.807) is 7.05 Å². The van der Waals surface area contributed by atoms with Gasteiger partial charge in [-0.25, -0.2) is 0 Å². The van der Waals surface area contributed by atoms with E-state index < -0.39 is 0 Å². The molecule has 1 saturated heterocycles. The van der Waals surface area contributed by atoms with E-state index in [2.05, 4.69) is 62.3 Å². The Kier molecular flexibility index (Phi) is 10.9. The molecule has 2 rings (SSSR count). The minimum absolute atomic E-state index is 0. The number of likely N-dealkylation sites (tertiary alicyclic amines) is 1. The number of benzene rings is 1. The van der Waals surface area contributed by atoms with Gasteiger partial charge in [0, 0.05) is 41.3 Å². The molecular formula is C18H27BrIN3O2S. The fourth-order valence-corrected chi connectivity index (χ4v) is 4.04. The molecule has 1 unspecified atom stereocenters. The lowest BCUT2D eigenvalue weighted by Crippen LogP contribution is -2.47. The summed E-state index contributed by atoms with van der Waals surface area (Å²) in [4.78, 5) is 19.5. The third-order valence-electron chi connectivity index (χ3n) is 4.24. The number of piperidine rings is 1. The van der Waals surface area contributed by atoms with Crippen LogP contribution in [-0.2, 0) is 9.53 Å². The molecule has 1 aromatic carbocycles. The predicted molar refractivity (Wildman–Crippen MR) is 123 cm³/mol. The molecule has 0 aromatic heterocycles. The SMILES string of the molecule is CN=C(NCC(C)Sc1ccc(Br)cc1)N1CCC(C(=O)OC)CC1.I. The smallest absolute Gasteiger partial charge is 0.308 e. The second-order valence-electron chi connectivity index (χ2n) is 6.09. The summed E-state index contributed by atoms with van der Waals surface area (Å²) in [5, 5.41) is 3.88. The number of aliphatic imine (C=N–C) groups is 1. The first-order valence-corrected chi connectivity index (χ1v) is 10.2. The van der Waals surface area contributed by atoms with Gasteiger partial charge >= 0.3 is 5.97 Å². The maximum Gasteiger partial charge on any atom is 0.308 e. The summed E-state index contributed by atoms with van der Waals surface area (Å²) in [6.45, 7) is 4.70. The van der Waals surface area contributed by atoms with Crippen LogP contribution in [0.3, 0.4) is 0 Å². The van der Waals surface area contributed by atoms with Crippen LogP contribution in [0.5, 0.6) is 0 Å². The Morgan fingerprint density at radius 3 is 2.54 bits per heavy atom. The molecule has 1 aromatic rings. The highest BCUT2D eigenvalue weighted by Crippen LogP contribution is 2.24. The first-order chi connectivity index (χ1) is 12.0. The maximum atomic E-state index is 11.6. The highest BCUT2D eigenvalue weighted by molar-refractivity contribution is 14.0. The molecule has 0 amide bonds. The lowest BCUT2D eigenvalue weighted by Gasteiger charge is -2.33. The molecule has 8 heteroatoms. The average Bonchev–Trinajstić information content (AvgIpc) is 2.64. The van der Waals surface area contributed by atoms with Gasteiger partial charge < -0.3 is 15.0 Å². The molecule has 1 heterocycles. The number of rotatable bonds is 5. The molecule has 5 nitrogen and oxygen atoms in total. The topological polar surface area (TPSA) is 53.9 Å². The zero-order chi connectivity index (χ0) is 18.2. The van der Waals surface area contributed by atoms with Crippen LogP contribution >= 0.6 is 51.7 Å². The van der Waals surface area contributed by atoms with Crippen LogP contribution in [0.1, 0.15) is 19.8 Å². The van der Waals surface area contributed by atoms with Gasteiger partial charge in [0.05, 0.1) is 13.0 Å². The van der Waals surface area contributed by atoms with Crippen LogP contribution < -0.4 is 5.32 Å². The van der Waals surface area contributed by atoms with Gasteiger partial charge in [-0.1, -0.05) is 22.9 Å². The lowest BCUT2D eigenvalue weighted by atomic mass is 9.97. The van der Waals surface area contributed by atoms with E-state index in [0.29, 0.717) is 5.25 Å². The van der Waals surface area contributed by atoms with Crippen LogP contribution in [0.4, 0.5) is 0 Å². The molecule has 1 aliphatic rings. The molecule has 0 aliphatic carbocycles. The first kappa shape index (κ1) is 23.6. The van der Waals surface area contributed by atoms with Gasteiger partial charge in [0.1, 0.15) is 0 Å². The van der Waals surface area contributed by atoms with Gasteiger partial charge in [0.2, 0.25) is 0 Å². The number of carbonyl (C=O) groups excluding carboxylic acids is 1. The van der Waals surface area contributed by atoms with Crippen molar-refractivity contribution in [2.45, 2.75) is 29.9 Å². The minimum atomic E-state index is -0.0953. The normalized spacial score (nSPS) is 16.6. The molecule has 1 N–H and O–H groups in total. The van der Waals surface area contributed by atoms with Crippen LogP contribution in [0.25, 0.3) is 0 Å². The number of carbonyl (C=O) groups is 1. The molecule has 1 aliphatic heterocycles. The quantitative estimate of drug-likeness (QED) is 0.196. The van der Waals surface area contributed by atoms with E-state index in [-0.39, 0.29) is 35.9 Å². The van der Waals surface area contributed by atoms with Crippen molar-refractivity contribution >= 4 is 63.6 Å². The van der Waals surface area contributed by atoms with Crippen molar-refractivity contribution in [3.63, 3.8) is 0 Å². The van der Waals surface area contributed by atoms with Crippen molar-refractivity contribution in [3.05, 3.63) is 28.7 Å². The average molecular weight is 556 g/mol. The van der Waals surface area contributed by atoms with Gasteiger partial charge in [-0.3, -0.25) is 9.79 Å². The number of halogens is 2. The van der Waals surface area contributed by atoms with Gasteiger partial charge in [-0.05, 0) is 37.1 Å². The van der Waals surface area contributed by atoms with Crippen molar-refractivity contribution in [1.29, 1.82) is 0 Å². The summed E-state index contributed by atoms with van der Waals surface area (Å²) in [5.41, 5.74) is 0. The predicted octanol–water partition coefficient (Wildman–Crippen LogP) is 4.01. The summed E-state index contributed by atoms with van der Waals surface area (Å²) in [5.74, 6) is 0.833. The van der Waals surface area contributed by atoms with Gasteiger partial charge in [0.25, 0.3) is 0 Å². The Labute approximate surface area is 185 Å². The van der Waals surface area contributed by atoms with E-state index >= 15 is 0 Å². The van der Waals surface area contributed by atoms with E-state index in [1.807, 2.05) is 11.8 Å². The molecule has 0 bridgehead atoms.